The first-order chi connectivity index (χ1) is 17.0. The molecule has 3 aromatic carbocycles. The standard InChI is InChI=1S/C27H25N3O5/c1-28-15-13-27(14-16-28)34-23-12-9-20(17-24(23)35-27)29-18-25(31)30(26(29)32)19-7-10-22(11-8-19)33-21-5-3-2-4-6-21/h2-12,17H,13-16,18H2,1H3. The summed E-state index contributed by atoms with van der Waals surface area (Å²) in [5.74, 6) is 1.67. The lowest BCUT2D eigenvalue weighted by molar-refractivity contribution is -0.116. The number of likely N-dealkylation sites (tertiary alicyclic amines) is 1. The summed E-state index contributed by atoms with van der Waals surface area (Å²) < 4.78 is 18.2. The molecule has 0 atom stereocenters. The van der Waals surface area contributed by atoms with Crippen LogP contribution in [0, 0.1) is 0 Å². The van der Waals surface area contributed by atoms with Crippen molar-refractivity contribution in [2.75, 3.05) is 36.5 Å². The molecular formula is C27H25N3O5. The molecule has 0 saturated carbocycles. The smallest absolute Gasteiger partial charge is 0.336 e. The van der Waals surface area contributed by atoms with Crippen molar-refractivity contribution in [1.29, 1.82) is 0 Å². The number of rotatable bonds is 4. The Morgan fingerprint density at radius 3 is 2.20 bits per heavy atom. The molecule has 0 aromatic heterocycles. The molecule has 8 nitrogen and oxygen atoms in total. The number of imide groups is 1. The number of piperidine rings is 1. The minimum atomic E-state index is -0.645. The zero-order valence-electron chi connectivity index (χ0n) is 19.3. The fourth-order valence-corrected chi connectivity index (χ4v) is 4.66. The fourth-order valence-electron chi connectivity index (χ4n) is 4.66. The highest BCUT2D eigenvalue weighted by Crippen LogP contribution is 2.45. The predicted octanol–water partition coefficient (Wildman–Crippen LogP) is 4.65. The molecule has 0 bridgehead atoms. The zero-order chi connectivity index (χ0) is 24.0. The number of benzene rings is 3. The van der Waals surface area contributed by atoms with E-state index in [2.05, 4.69) is 11.9 Å². The van der Waals surface area contributed by atoms with E-state index in [-0.39, 0.29) is 12.5 Å². The van der Waals surface area contributed by atoms with Crippen LogP contribution in [0.2, 0.25) is 0 Å². The number of amides is 3. The number of fused-ring (bicyclic) bond motifs is 1. The predicted molar refractivity (Wildman–Crippen MR) is 130 cm³/mol. The van der Waals surface area contributed by atoms with Gasteiger partial charge in [-0.2, -0.15) is 0 Å². The van der Waals surface area contributed by atoms with E-state index >= 15 is 0 Å². The molecule has 3 aliphatic rings. The molecule has 3 amide bonds. The van der Waals surface area contributed by atoms with Gasteiger partial charge in [-0.25, -0.2) is 9.69 Å². The van der Waals surface area contributed by atoms with Gasteiger partial charge in [0.15, 0.2) is 11.5 Å². The largest absolute Gasteiger partial charge is 0.457 e. The third-order valence-corrected chi connectivity index (χ3v) is 6.62. The van der Waals surface area contributed by atoms with Crippen molar-refractivity contribution in [3.05, 3.63) is 72.8 Å². The number of carbonyl (C=O) groups excluding carboxylic acids is 2. The van der Waals surface area contributed by atoms with Gasteiger partial charge in [0.05, 0.1) is 11.4 Å². The van der Waals surface area contributed by atoms with Crippen molar-refractivity contribution < 1.29 is 23.8 Å². The highest BCUT2D eigenvalue weighted by atomic mass is 16.7. The van der Waals surface area contributed by atoms with Crippen LogP contribution in [0.25, 0.3) is 0 Å². The fraction of sp³-hybridized carbons (Fsp3) is 0.259. The summed E-state index contributed by atoms with van der Waals surface area (Å²) in [5, 5.41) is 0. The van der Waals surface area contributed by atoms with Crippen LogP contribution in [-0.2, 0) is 4.79 Å². The van der Waals surface area contributed by atoms with Gasteiger partial charge in [0.1, 0.15) is 18.0 Å². The van der Waals surface area contributed by atoms with E-state index in [1.165, 1.54) is 9.80 Å². The Bertz CT molecular complexity index is 1270. The summed E-state index contributed by atoms with van der Waals surface area (Å²) in [4.78, 5) is 31.0. The number of anilines is 2. The molecule has 3 heterocycles. The van der Waals surface area contributed by atoms with E-state index in [1.54, 1.807) is 36.4 Å². The Kier molecular flexibility index (Phi) is 5.11. The van der Waals surface area contributed by atoms with Gasteiger partial charge >= 0.3 is 6.03 Å². The van der Waals surface area contributed by atoms with Crippen molar-refractivity contribution in [3.63, 3.8) is 0 Å². The highest BCUT2D eigenvalue weighted by Gasteiger charge is 2.44. The number of ether oxygens (including phenoxy) is 3. The lowest BCUT2D eigenvalue weighted by atomic mass is 10.0. The van der Waals surface area contributed by atoms with Crippen LogP contribution >= 0.6 is 0 Å². The molecule has 0 radical (unpaired) electrons. The molecule has 6 rings (SSSR count). The summed E-state index contributed by atoms with van der Waals surface area (Å²) in [6.07, 6.45) is 1.54. The lowest BCUT2D eigenvalue weighted by Gasteiger charge is -2.35. The average Bonchev–Trinajstić information content (AvgIpc) is 3.38. The SMILES string of the molecule is CN1CCC2(CC1)Oc1ccc(N3CC(=O)N(c4ccc(Oc5ccccc5)cc4)C3=O)cc1O2. The molecule has 0 aliphatic carbocycles. The second kappa shape index (κ2) is 8.32. The Hall–Kier alpha value is -4.04. The Balaban J connectivity index is 1.18. The first-order valence-electron chi connectivity index (χ1n) is 11.7. The molecule has 2 saturated heterocycles. The van der Waals surface area contributed by atoms with E-state index in [1.807, 2.05) is 36.4 Å². The van der Waals surface area contributed by atoms with Crippen LogP contribution in [0.3, 0.4) is 0 Å². The quantitative estimate of drug-likeness (QED) is 0.516. The Morgan fingerprint density at radius 2 is 1.46 bits per heavy atom. The van der Waals surface area contributed by atoms with Crippen LogP contribution < -0.4 is 24.0 Å². The monoisotopic (exact) mass is 471 g/mol. The van der Waals surface area contributed by atoms with Crippen molar-refractivity contribution >= 4 is 23.3 Å². The summed E-state index contributed by atoms with van der Waals surface area (Å²) >= 11 is 0. The Morgan fingerprint density at radius 1 is 0.800 bits per heavy atom. The van der Waals surface area contributed by atoms with Crippen molar-refractivity contribution in [2.45, 2.75) is 18.6 Å². The Labute approximate surface area is 203 Å². The third kappa shape index (κ3) is 3.95. The van der Waals surface area contributed by atoms with E-state index in [4.69, 9.17) is 14.2 Å². The van der Waals surface area contributed by atoms with E-state index in [0.717, 1.165) is 25.9 Å². The summed E-state index contributed by atoms with van der Waals surface area (Å²) in [6, 6.07) is 21.3. The topological polar surface area (TPSA) is 71.5 Å². The molecule has 3 aromatic rings. The van der Waals surface area contributed by atoms with Gasteiger partial charge in [-0.3, -0.25) is 9.69 Å². The molecule has 8 heteroatoms. The number of urea groups is 1. The summed E-state index contributed by atoms with van der Waals surface area (Å²) in [7, 11) is 2.08. The van der Waals surface area contributed by atoms with Gasteiger partial charge in [-0.1, -0.05) is 18.2 Å². The van der Waals surface area contributed by atoms with E-state index in [9.17, 15) is 9.59 Å². The second-order valence-corrected chi connectivity index (χ2v) is 9.06. The van der Waals surface area contributed by atoms with Crippen molar-refractivity contribution in [1.82, 2.24) is 4.90 Å². The molecule has 0 N–H and O–H groups in total. The maximum atomic E-state index is 13.2. The van der Waals surface area contributed by atoms with Crippen LogP contribution in [-0.4, -0.2) is 49.3 Å². The molecule has 2 fully saturated rings. The normalized spacial score (nSPS) is 19.0. The summed E-state index contributed by atoms with van der Waals surface area (Å²) in [6.45, 7) is 1.74. The third-order valence-electron chi connectivity index (χ3n) is 6.62. The maximum absolute atomic E-state index is 13.2. The number of nitrogens with zero attached hydrogens (tertiary/aromatic N) is 3. The number of para-hydroxylation sites is 1. The van der Waals surface area contributed by atoms with Gasteiger partial charge in [0.25, 0.3) is 11.7 Å². The van der Waals surface area contributed by atoms with Crippen LogP contribution in [0.1, 0.15) is 12.8 Å². The molecule has 0 unspecified atom stereocenters. The van der Waals surface area contributed by atoms with Gasteiger partial charge in [-0.15, -0.1) is 0 Å². The highest BCUT2D eigenvalue weighted by molar-refractivity contribution is 6.27. The van der Waals surface area contributed by atoms with Gasteiger partial charge in [0.2, 0.25) is 0 Å². The number of hydrogen-bond donors (Lipinski definition) is 0. The van der Waals surface area contributed by atoms with Crippen molar-refractivity contribution in [3.8, 4) is 23.0 Å². The average molecular weight is 472 g/mol. The van der Waals surface area contributed by atoms with Crippen LogP contribution in [0.15, 0.2) is 72.8 Å². The molecule has 35 heavy (non-hydrogen) atoms. The van der Waals surface area contributed by atoms with Crippen LogP contribution in [0.4, 0.5) is 16.2 Å². The molecular weight excluding hydrogens is 446 g/mol. The lowest BCUT2D eigenvalue weighted by Crippen LogP contribution is -2.48. The van der Waals surface area contributed by atoms with Crippen molar-refractivity contribution in [2.24, 2.45) is 0 Å². The number of hydrogen-bond acceptors (Lipinski definition) is 6. The van der Waals surface area contributed by atoms with Crippen LogP contribution in [0.5, 0.6) is 23.0 Å². The first-order valence-corrected chi connectivity index (χ1v) is 11.7. The van der Waals surface area contributed by atoms with Gasteiger partial charge in [0, 0.05) is 32.0 Å². The second-order valence-electron chi connectivity index (χ2n) is 9.06. The molecule has 3 aliphatic heterocycles. The van der Waals surface area contributed by atoms with Gasteiger partial charge in [-0.05, 0) is 55.6 Å². The number of carbonyl (C=O) groups is 2. The minimum Gasteiger partial charge on any atom is -0.457 e. The van der Waals surface area contributed by atoms with E-state index in [0.29, 0.717) is 34.4 Å². The maximum Gasteiger partial charge on any atom is 0.336 e. The minimum absolute atomic E-state index is 0.0450. The molecule has 178 valence electrons. The first kappa shape index (κ1) is 21.5. The van der Waals surface area contributed by atoms with Gasteiger partial charge < -0.3 is 19.1 Å². The summed E-state index contributed by atoms with van der Waals surface area (Å²) in [5.41, 5.74) is 1.09. The zero-order valence-corrected chi connectivity index (χ0v) is 19.3. The van der Waals surface area contributed by atoms with E-state index < -0.39 is 11.8 Å². The molecule has 1 spiro atoms.